The van der Waals surface area contributed by atoms with Gasteiger partial charge in [0.1, 0.15) is 0 Å². The zero-order chi connectivity index (χ0) is 10.2. The number of nitrogens with one attached hydrogen (secondary N) is 1. The van der Waals surface area contributed by atoms with Crippen molar-refractivity contribution in [3.63, 3.8) is 0 Å². The third kappa shape index (κ3) is 5.61. The largest absolute Gasteiger partial charge is 0.315 e. The maximum absolute atomic E-state index is 3.48. The van der Waals surface area contributed by atoms with Gasteiger partial charge in [0.25, 0.3) is 0 Å². The van der Waals surface area contributed by atoms with Gasteiger partial charge in [-0.05, 0) is 44.7 Å². The minimum Gasteiger partial charge on any atom is -0.315 e. The second-order valence-corrected chi connectivity index (χ2v) is 4.49. The highest BCUT2D eigenvalue weighted by Crippen LogP contribution is 2.29. The zero-order valence-electron chi connectivity index (χ0n) is 9.89. The quantitative estimate of drug-likeness (QED) is 0.571. The minimum absolute atomic E-state index is 1.03. The Morgan fingerprint density at radius 2 is 1.86 bits per heavy atom. The van der Waals surface area contributed by atoms with Crippen molar-refractivity contribution in [3.8, 4) is 0 Å². The Hall–Kier alpha value is -0.0800. The molecule has 1 rings (SSSR count). The minimum atomic E-state index is 1.03. The first-order chi connectivity index (χ1) is 6.86. The van der Waals surface area contributed by atoms with Crippen LogP contribution in [0.3, 0.4) is 0 Å². The molecule has 0 atom stereocenters. The molecule has 0 heterocycles. The van der Waals surface area contributed by atoms with Crippen LogP contribution in [-0.4, -0.2) is 37.6 Å². The first-order valence-corrected chi connectivity index (χ1v) is 6.29. The van der Waals surface area contributed by atoms with Gasteiger partial charge in [-0.2, -0.15) is 0 Å². The Bertz CT molecular complexity index is 132. The Morgan fingerprint density at radius 1 is 1.07 bits per heavy atom. The molecule has 0 unspecified atom stereocenters. The molecule has 84 valence electrons. The molecule has 0 aliphatic heterocycles. The summed E-state index contributed by atoms with van der Waals surface area (Å²) in [7, 11) is 0. The van der Waals surface area contributed by atoms with E-state index in [4.69, 9.17) is 0 Å². The Balaban J connectivity index is 2.01. The molecule has 1 N–H and O–H groups in total. The fourth-order valence-electron chi connectivity index (χ4n) is 1.82. The maximum atomic E-state index is 3.48. The van der Waals surface area contributed by atoms with Crippen LogP contribution >= 0.6 is 0 Å². The first-order valence-electron chi connectivity index (χ1n) is 6.29. The van der Waals surface area contributed by atoms with Gasteiger partial charge in [0, 0.05) is 19.6 Å². The van der Waals surface area contributed by atoms with E-state index in [9.17, 15) is 0 Å². The summed E-state index contributed by atoms with van der Waals surface area (Å²) in [5.41, 5.74) is 0. The number of hydrogen-bond donors (Lipinski definition) is 1. The summed E-state index contributed by atoms with van der Waals surface area (Å²) in [5, 5.41) is 3.48. The van der Waals surface area contributed by atoms with Crippen LogP contribution in [0.5, 0.6) is 0 Å². The van der Waals surface area contributed by atoms with Crippen molar-refractivity contribution in [3.05, 3.63) is 0 Å². The zero-order valence-corrected chi connectivity index (χ0v) is 9.89. The molecule has 0 amide bonds. The van der Waals surface area contributed by atoms with Gasteiger partial charge in [0.15, 0.2) is 0 Å². The lowest BCUT2D eigenvalue weighted by atomic mass is 10.3. The molecule has 2 nitrogen and oxygen atoms in total. The number of hydrogen-bond acceptors (Lipinski definition) is 2. The molecule has 0 aromatic rings. The summed E-state index contributed by atoms with van der Waals surface area (Å²) in [5.74, 6) is 1.03. The van der Waals surface area contributed by atoms with E-state index in [0.29, 0.717) is 0 Å². The summed E-state index contributed by atoms with van der Waals surface area (Å²) >= 11 is 0. The van der Waals surface area contributed by atoms with Crippen LogP contribution in [-0.2, 0) is 0 Å². The smallest absolute Gasteiger partial charge is 0.0107 e. The van der Waals surface area contributed by atoms with Gasteiger partial charge in [-0.15, -0.1) is 0 Å². The molecule has 1 aliphatic carbocycles. The molecular weight excluding hydrogens is 172 g/mol. The van der Waals surface area contributed by atoms with Crippen LogP contribution in [0.4, 0.5) is 0 Å². The highest BCUT2D eigenvalue weighted by atomic mass is 15.1. The van der Waals surface area contributed by atoms with E-state index in [-0.39, 0.29) is 0 Å². The van der Waals surface area contributed by atoms with Crippen molar-refractivity contribution in [1.29, 1.82) is 0 Å². The predicted molar refractivity (Wildman–Crippen MR) is 62.6 cm³/mol. The molecule has 1 aliphatic rings. The van der Waals surface area contributed by atoms with Crippen LogP contribution in [0.15, 0.2) is 0 Å². The summed E-state index contributed by atoms with van der Waals surface area (Å²) in [6.07, 6.45) is 5.49. The summed E-state index contributed by atoms with van der Waals surface area (Å²) < 4.78 is 0. The van der Waals surface area contributed by atoms with E-state index >= 15 is 0 Å². The van der Waals surface area contributed by atoms with E-state index < -0.39 is 0 Å². The fourth-order valence-corrected chi connectivity index (χ4v) is 1.82. The van der Waals surface area contributed by atoms with Crippen molar-refractivity contribution in [1.82, 2.24) is 10.2 Å². The maximum Gasteiger partial charge on any atom is 0.0107 e. The highest BCUT2D eigenvalue weighted by Gasteiger charge is 2.23. The lowest BCUT2D eigenvalue weighted by Gasteiger charge is -2.21. The van der Waals surface area contributed by atoms with E-state index in [0.717, 1.165) is 5.92 Å². The summed E-state index contributed by atoms with van der Waals surface area (Å²) in [4.78, 5) is 2.63. The van der Waals surface area contributed by atoms with Gasteiger partial charge in [-0.3, -0.25) is 0 Å². The Labute approximate surface area is 89.1 Å². The molecule has 2 heteroatoms. The monoisotopic (exact) mass is 198 g/mol. The van der Waals surface area contributed by atoms with E-state index in [1.54, 1.807) is 0 Å². The van der Waals surface area contributed by atoms with Crippen molar-refractivity contribution in [2.45, 2.75) is 39.5 Å². The molecule has 1 fully saturated rings. The molecule has 0 bridgehead atoms. The Kier molecular flexibility index (Phi) is 6.20. The predicted octanol–water partition coefficient (Wildman–Crippen LogP) is 2.11. The van der Waals surface area contributed by atoms with Gasteiger partial charge < -0.3 is 10.2 Å². The van der Waals surface area contributed by atoms with Crippen LogP contribution in [0, 0.1) is 5.92 Å². The van der Waals surface area contributed by atoms with Crippen molar-refractivity contribution >= 4 is 0 Å². The van der Waals surface area contributed by atoms with Crippen molar-refractivity contribution < 1.29 is 0 Å². The van der Waals surface area contributed by atoms with Crippen LogP contribution in [0.25, 0.3) is 0 Å². The van der Waals surface area contributed by atoms with Crippen LogP contribution in [0.2, 0.25) is 0 Å². The average Bonchev–Trinajstić information content (AvgIpc) is 2.96. The highest BCUT2D eigenvalue weighted by molar-refractivity contribution is 4.77. The fraction of sp³-hybridized carbons (Fsp3) is 1.00. The average molecular weight is 198 g/mol. The van der Waals surface area contributed by atoms with Gasteiger partial charge in [0.2, 0.25) is 0 Å². The molecule has 1 saturated carbocycles. The second kappa shape index (κ2) is 7.24. The summed E-state index contributed by atoms with van der Waals surface area (Å²) in [6.45, 7) is 10.7. The van der Waals surface area contributed by atoms with Crippen molar-refractivity contribution in [2.75, 3.05) is 32.7 Å². The standard InChI is InChI=1S/C12H26N2/c1-3-7-13-8-10-14(9-4-2)11-12-5-6-12/h12-13H,3-11H2,1-2H3. The first kappa shape index (κ1) is 12.0. The van der Waals surface area contributed by atoms with E-state index in [1.807, 2.05) is 0 Å². The van der Waals surface area contributed by atoms with Gasteiger partial charge in [0.05, 0.1) is 0 Å². The van der Waals surface area contributed by atoms with Crippen molar-refractivity contribution in [2.24, 2.45) is 5.92 Å². The lowest BCUT2D eigenvalue weighted by molar-refractivity contribution is 0.263. The van der Waals surface area contributed by atoms with Gasteiger partial charge in [-0.1, -0.05) is 13.8 Å². The number of rotatable bonds is 9. The van der Waals surface area contributed by atoms with Crippen LogP contribution < -0.4 is 5.32 Å². The second-order valence-electron chi connectivity index (χ2n) is 4.49. The topological polar surface area (TPSA) is 15.3 Å². The van der Waals surface area contributed by atoms with E-state index in [1.165, 1.54) is 58.4 Å². The Morgan fingerprint density at radius 3 is 2.43 bits per heavy atom. The molecule has 0 aromatic heterocycles. The molecular formula is C12H26N2. The third-order valence-corrected chi connectivity index (χ3v) is 2.78. The molecule has 0 spiro atoms. The normalized spacial score (nSPS) is 16.5. The van der Waals surface area contributed by atoms with E-state index in [2.05, 4.69) is 24.1 Å². The third-order valence-electron chi connectivity index (χ3n) is 2.78. The molecule has 14 heavy (non-hydrogen) atoms. The van der Waals surface area contributed by atoms with Gasteiger partial charge in [-0.25, -0.2) is 0 Å². The summed E-state index contributed by atoms with van der Waals surface area (Å²) in [6, 6.07) is 0. The number of nitrogens with zero attached hydrogens (tertiary/aromatic N) is 1. The molecule has 0 aromatic carbocycles. The van der Waals surface area contributed by atoms with Gasteiger partial charge >= 0.3 is 0 Å². The lowest BCUT2D eigenvalue weighted by Crippen LogP contribution is -2.34. The molecule has 0 saturated heterocycles. The SMILES string of the molecule is CCCNCCN(CCC)CC1CC1. The van der Waals surface area contributed by atoms with Crippen LogP contribution in [0.1, 0.15) is 39.5 Å². The molecule has 0 radical (unpaired) electrons.